The van der Waals surface area contributed by atoms with Crippen molar-refractivity contribution in [2.75, 3.05) is 6.54 Å². The highest BCUT2D eigenvalue weighted by atomic mass is 32.1. The second-order valence-electron chi connectivity index (χ2n) is 5.41. The van der Waals surface area contributed by atoms with Crippen LogP contribution in [0.2, 0.25) is 0 Å². The highest BCUT2D eigenvalue weighted by Crippen LogP contribution is 2.24. The molecule has 0 aliphatic heterocycles. The molecule has 0 spiro atoms. The molecule has 1 amide bonds. The Balaban J connectivity index is 1.54. The summed E-state index contributed by atoms with van der Waals surface area (Å²) in [6.45, 7) is 0.596. The van der Waals surface area contributed by atoms with Gasteiger partial charge in [-0.05, 0) is 17.5 Å². The number of amides is 1. The third-order valence-corrected chi connectivity index (χ3v) is 4.63. The van der Waals surface area contributed by atoms with Crippen LogP contribution in [0, 0.1) is 0 Å². The molecule has 124 valence electrons. The fourth-order valence-electron chi connectivity index (χ4n) is 2.26. The molecule has 3 aromatic rings. The van der Waals surface area contributed by atoms with E-state index < -0.39 is 0 Å². The molecule has 3 rings (SSSR count). The van der Waals surface area contributed by atoms with Crippen LogP contribution < -0.4 is 5.32 Å². The summed E-state index contributed by atoms with van der Waals surface area (Å²) in [6.07, 6.45) is 5.94. The lowest BCUT2D eigenvalue weighted by molar-refractivity contribution is 0.0958. The molecule has 0 aliphatic rings. The van der Waals surface area contributed by atoms with Crippen molar-refractivity contribution in [3.63, 3.8) is 0 Å². The SMILES string of the molecule is Cn1cc(-c2ncc(C(=O)NCCc3ccc(CO)cc3)s2)cn1. The van der Waals surface area contributed by atoms with E-state index in [1.807, 2.05) is 37.5 Å². The molecule has 2 heterocycles. The number of nitrogens with zero attached hydrogens (tertiary/aromatic N) is 3. The normalized spacial score (nSPS) is 10.8. The third kappa shape index (κ3) is 3.87. The van der Waals surface area contributed by atoms with E-state index in [0.717, 1.165) is 28.1 Å². The number of thiazole rings is 1. The van der Waals surface area contributed by atoms with Gasteiger partial charge in [0.05, 0.1) is 19.0 Å². The number of benzene rings is 1. The lowest BCUT2D eigenvalue weighted by Crippen LogP contribution is -2.24. The second kappa shape index (κ2) is 7.37. The fourth-order valence-corrected chi connectivity index (χ4v) is 3.07. The van der Waals surface area contributed by atoms with Gasteiger partial charge in [0, 0.05) is 25.4 Å². The number of aryl methyl sites for hydroxylation is 1. The molecule has 0 saturated carbocycles. The van der Waals surface area contributed by atoms with Crippen LogP contribution in [-0.2, 0) is 20.1 Å². The zero-order valence-electron chi connectivity index (χ0n) is 13.3. The molecule has 0 radical (unpaired) electrons. The first kappa shape index (κ1) is 16.4. The molecule has 0 saturated heterocycles. The summed E-state index contributed by atoms with van der Waals surface area (Å²) in [6, 6.07) is 7.71. The van der Waals surface area contributed by atoms with Crippen molar-refractivity contribution >= 4 is 17.2 Å². The van der Waals surface area contributed by atoms with E-state index >= 15 is 0 Å². The number of nitrogens with one attached hydrogen (secondary N) is 1. The summed E-state index contributed by atoms with van der Waals surface area (Å²) >= 11 is 1.35. The van der Waals surface area contributed by atoms with Crippen LogP contribution in [0.4, 0.5) is 0 Å². The topological polar surface area (TPSA) is 80.0 Å². The van der Waals surface area contributed by atoms with Gasteiger partial charge in [0.15, 0.2) is 0 Å². The molecule has 7 heteroatoms. The largest absolute Gasteiger partial charge is 0.392 e. The predicted octanol–water partition coefficient (Wildman–Crippen LogP) is 2.01. The summed E-state index contributed by atoms with van der Waals surface area (Å²) in [7, 11) is 1.85. The van der Waals surface area contributed by atoms with Crippen LogP contribution in [0.3, 0.4) is 0 Å². The second-order valence-corrected chi connectivity index (χ2v) is 6.44. The lowest BCUT2D eigenvalue weighted by Gasteiger charge is -2.04. The van der Waals surface area contributed by atoms with E-state index in [2.05, 4.69) is 15.4 Å². The maximum absolute atomic E-state index is 12.2. The van der Waals surface area contributed by atoms with E-state index in [4.69, 9.17) is 5.11 Å². The first-order valence-corrected chi connectivity index (χ1v) is 8.39. The molecule has 24 heavy (non-hydrogen) atoms. The molecule has 0 atom stereocenters. The third-order valence-electron chi connectivity index (χ3n) is 3.59. The van der Waals surface area contributed by atoms with Crippen LogP contribution in [0.1, 0.15) is 20.8 Å². The maximum atomic E-state index is 12.2. The molecular weight excluding hydrogens is 324 g/mol. The van der Waals surface area contributed by atoms with Gasteiger partial charge in [0.25, 0.3) is 5.91 Å². The average molecular weight is 342 g/mol. The molecule has 0 bridgehead atoms. The molecule has 2 N–H and O–H groups in total. The van der Waals surface area contributed by atoms with Crippen LogP contribution in [0.15, 0.2) is 42.9 Å². The number of carbonyl (C=O) groups is 1. The van der Waals surface area contributed by atoms with Crippen molar-refractivity contribution in [2.45, 2.75) is 13.0 Å². The van der Waals surface area contributed by atoms with Gasteiger partial charge in [-0.15, -0.1) is 11.3 Å². The number of hydrogen-bond donors (Lipinski definition) is 2. The quantitative estimate of drug-likeness (QED) is 0.718. The Bertz CT molecular complexity index is 823. The van der Waals surface area contributed by atoms with Gasteiger partial charge in [-0.1, -0.05) is 24.3 Å². The van der Waals surface area contributed by atoms with Gasteiger partial charge in [0.1, 0.15) is 9.88 Å². The molecular formula is C17H18N4O2S. The van der Waals surface area contributed by atoms with Crippen molar-refractivity contribution in [2.24, 2.45) is 7.05 Å². The minimum absolute atomic E-state index is 0.0433. The van der Waals surface area contributed by atoms with Gasteiger partial charge in [0.2, 0.25) is 0 Å². The standard InChI is InChI=1S/C17H18N4O2S/c1-21-10-14(8-20-21)17-19-9-15(24-17)16(23)18-7-6-12-2-4-13(11-22)5-3-12/h2-5,8-10,22H,6-7,11H2,1H3,(H,18,23). The molecule has 0 fully saturated rings. The highest BCUT2D eigenvalue weighted by molar-refractivity contribution is 7.16. The summed E-state index contributed by atoms with van der Waals surface area (Å²) in [5.74, 6) is -0.116. The molecule has 0 unspecified atom stereocenters. The van der Waals surface area contributed by atoms with E-state index in [1.165, 1.54) is 11.3 Å². The number of aromatic nitrogens is 3. The van der Waals surface area contributed by atoms with E-state index in [-0.39, 0.29) is 12.5 Å². The molecule has 6 nitrogen and oxygen atoms in total. The van der Waals surface area contributed by atoms with Gasteiger partial charge in [-0.2, -0.15) is 5.10 Å². The summed E-state index contributed by atoms with van der Waals surface area (Å²) in [5, 5.41) is 16.8. The Kier molecular flexibility index (Phi) is 5.02. The van der Waals surface area contributed by atoms with Crippen molar-refractivity contribution in [3.05, 3.63) is 58.9 Å². The zero-order valence-corrected chi connectivity index (χ0v) is 14.1. The number of aliphatic hydroxyl groups excluding tert-OH is 1. The Labute approximate surface area is 143 Å². The maximum Gasteiger partial charge on any atom is 0.263 e. The number of hydrogen-bond acceptors (Lipinski definition) is 5. The van der Waals surface area contributed by atoms with E-state index in [0.29, 0.717) is 11.4 Å². The Hall–Kier alpha value is -2.51. The van der Waals surface area contributed by atoms with E-state index in [1.54, 1.807) is 17.1 Å². The molecule has 1 aromatic carbocycles. The summed E-state index contributed by atoms with van der Waals surface area (Å²) < 4.78 is 1.71. The van der Waals surface area contributed by atoms with Crippen molar-refractivity contribution in [1.82, 2.24) is 20.1 Å². The minimum Gasteiger partial charge on any atom is -0.392 e. The number of aliphatic hydroxyl groups is 1. The van der Waals surface area contributed by atoms with Gasteiger partial charge < -0.3 is 10.4 Å². The number of rotatable bonds is 6. The fraction of sp³-hybridized carbons (Fsp3) is 0.235. The van der Waals surface area contributed by atoms with E-state index in [9.17, 15) is 4.79 Å². The average Bonchev–Trinajstić information content (AvgIpc) is 3.24. The Morgan fingerprint density at radius 3 is 2.67 bits per heavy atom. The summed E-state index contributed by atoms with van der Waals surface area (Å²) in [4.78, 5) is 17.1. The van der Waals surface area contributed by atoms with Gasteiger partial charge >= 0.3 is 0 Å². The first-order chi connectivity index (χ1) is 11.7. The van der Waals surface area contributed by atoms with Crippen LogP contribution in [0.25, 0.3) is 10.6 Å². The molecule has 0 aliphatic carbocycles. The van der Waals surface area contributed by atoms with Crippen LogP contribution in [0.5, 0.6) is 0 Å². The lowest BCUT2D eigenvalue weighted by atomic mass is 10.1. The van der Waals surface area contributed by atoms with Gasteiger partial charge in [-0.25, -0.2) is 4.98 Å². The zero-order chi connectivity index (χ0) is 16.9. The van der Waals surface area contributed by atoms with Crippen LogP contribution >= 0.6 is 11.3 Å². The molecule has 2 aromatic heterocycles. The van der Waals surface area contributed by atoms with Crippen LogP contribution in [-0.4, -0.2) is 32.3 Å². The van der Waals surface area contributed by atoms with Gasteiger partial charge in [-0.3, -0.25) is 9.48 Å². The number of carbonyl (C=O) groups excluding carboxylic acids is 1. The highest BCUT2D eigenvalue weighted by Gasteiger charge is 2.12. The first-order valence-electron chi connectivity index (χ1n) is 7.57. The van der Waals surface area contributed by atoms with Crippen molar-refractivity contribution in [1.29, 1.82) is 0 Å². The Morgan fingerprint density at radius 2 is 2.00 bits per heavy atom. The van der Waals surface area contributed by atoms with Crippen molar-refractivity contribution < 1.29 is 9.90 Å². The monoisotopic (exact) mass is 342 g/mol. The minimum atomic E-state index is -0.116. The predicted molar refractivity (Wildman–Crippen MR) is 92.7 cm³/mol. The van der Waals surface area contributed by atoms with Crippen molar-refractivity contribution in [3.8, 4) is 10.6 Å². The Morgan fingerprint density at radius 1 is 1.25 bits per heavy atom. The summed E-state index contributed by atoms with van der Waals surface area (Å²) in [5.41, 5.74) is 2.91. The smallest absolute Gasteiger partial charge is 0.263 e.